The second kappa shape index (κ2) is 8.94. The van der Waals surface area contributed by atoms with Gasteiger partial charge < -0.3 is 24.6 Å². The number of nitriles is 1. The Morgan fingerprint density at radius 1 is 1.24 bits per heavy atom. The first-order chi connectivity index (χ1) is 12.1. The predicted molar refractivity (Wildman–Crippen MR) is 95.6 cm³/mol. The van der Waals surface area contributed by atoms with E-state index in [0.29, 0.717) is 17.2 Å². The first kappa shape index (κ1) is 18.6. The van der Waals surface area contributed by atoms with Gasteiger partial charge in [-0.3, -0.25) is 4.79 Å². The molecule has 7 nitrogen and oxygen atoms in total. The number of benzene rings is 1. The summed E-state index contributed by atoms with van der Waals surface area (Å²) in [6, 6.07) is 7.05. The molecule has 0 saturated carbocycles. The number of likely N-dealkylation sites (N-methyl/N-ethyl adjacent to an activating group) is 1. The van der Waals surface area contributed by atoms with Crippen molar-refractivity contribution in [2.24, 2.45) is 0 Å². The van der Waals surface area contributed by atoms with Gasteiger partial charge in [0, 0.05) is 44.1 Å². The summed E-state index contributed by atoms with van der Waals surface area (Å²) >= 11 is 0. The molecule has 7 heteroatoms. The Bertz CT molecular complexity index is 673. The molecule has 2 rings (SSSR count). The zero-order valence-corrected chi connectivity index (χ0v) is 14.9. The fraction of sp³-hybridized carbons (Fsp3) is 0.444. The first-order valence-corrected chi connectivity index (χ1v) is 8.23. The number of methoxy groups -OCH3 is 2. The Morgan fingerprint density at radius 3 is 2.48 bits per heavy atom. The summed E-state index contributed by atoms with van der Waals surface area (Å²) in [5.41, 5.74) is 0.624. The monoisotopic (exact) mass is 344 g/mol. The standard InChI is InChI=1S/C18H24N4O3/c1-4-21-7-9-22(10-8-21)13-14(12-19)18(23)20-15-5-6-16(24-2)17(11-15)25-3/h5-6,11,13H,4,7-10H2,1-3H3,(H,20,23)/b14-13-. The largest absolute Gasteiger partial charge is 0.493 e. The molecular formula is C18H24N4O3. The number of piperazine rings is 1. The van der Waals surface area contributed by atoms with Crippen LogP contribution in [-0.4, -0.2) is 62.7 Å². The van der Waals surface area contributed by atoms with E-state index in [1.54, 1.807) is 31.5 Å². The quantitative estimate of drug-likeness (QED) is 0.625. The van der Waals surface area contributed by atoms with Crippen molar-refractivity contribution in [3.63, 3.8) is 0 Å². The van der Waals surface area contributed by atoms with Crippen molar-refractivity contribution in [1.82, 2.24) is 9.80 Å². The Hall–Kier alpha value is -2.72. The molecular weight excluding hydrogens is 320 g/mol. The topological polar surface area (TPSA) is 77.8 Å². The van der Waals surface area contributed by atoms with Gasteiger partial charge in [-0.25, -0.2) is 0 Å². The van der Waals surface area contributed by atoms with Crippen molar-refractivity contribution in [2.75, 3.05) is 52.3 Å². The van der Waals surface area contributed by atoms with Crippen LogP contribution >= 0.6 is 0 Å². The molecule has 0 aromatic heterocycles. The molecule has 1 aliphatic rings. The minimum Gasteiger partial charge on any atom is -0.493 e. The minimum atomic E-state index is -0.437. The second-order valence-electron chi connectivity index (χ2n) is 5.65. The number of anilines is 1. The number of carbonyl (C=O) groups excluding carboxylic acids is 1. The summed E-state index contributed by atoms with van der Waals surface area (Å²) in [5.74, 6) is 0.649. The average molecular weight is 344 g/mol. The Labute approximate surface area is 148 Å². The summed E-state index contributed by atoms with van der Waals surface area (Å²) in [7, 11) is 3.07. The molecule has 0 aliphatic carbocycles. The van der Waals surface area contributed by atoms with Crippen LogP contribution in [0, 0.1) is 11.3 Å². The SMILES string of the molecule is CCN1CCN(/C=C(/C#N)C(=O)Nc2ccc(OC)c(OC)c2)CC1. The highest BCUT2D eigenvalue weighted by atomic mass is 16.5. The average Bonchev–Trinajstić information content (AvgIpc) is 2.66. The lowest BCUT2D eigenvalue weighted by atomic mass is 10.2. The van der Waals surface area contributed by atoms with Gasteiger partial charge in [-0.15, -0.1) is 0 Å². The van der Waals surface area contributed by atoms with Crippen LogP contribution in [0.4, 0.5) is 5.69 Å². The number of nitrogens with one attached hydrogen (secondary N) is 1. The molecule has 1 N–H and O–H groups in total. The summed E-state index contributed by atoms with van der Waals surface area (Å²) in [6.45, 7) is 6.63. The van der Waals surface area contributed by atoms with E-state index in [9.17, 15) is 10.1 Å². The molecule has 0 atom stereocenters. The van der Waals surface area contributed by atoms with Crippen LogP contribution in [0.5, 0.6) is 11.5 Å². The van der Waals surface area contributed by atoms with Crippen molar-refractivity contribution in [1.29, 1.82) is 5.26 Å². The number of rotatable bonds is 6. The molecule has 0 unspecified atom stereocenters. The van der Waals surface area contributed by atoms with E-state index in [0.717, 1.165) is 32.7 Å². The van der Waals surface area contributed by atoms with Crippen molar-refractivity contribution in [2.45, 2.75) is 6.92 Å². The van der Waals surface area contributed by atoms with E-state index in [-0.39, 0.29) is 5.57 Å². The number of amides is 1. The van der Waals surface area contributed by atoms with Crippen LogP contribution in [0.2, 0.25) is 0 Å². The normalized spacial score (nSPS) is 15.4. The molecule has 1 aromatic rings. The molecule has 25 heavy (non-hydrogen) atoms. The number of ether oxygens (including phenoxy) is 2. The molecule has 0 radical (unpaired) electrons. The smallest absolute Gasteiger partial charge is 0.267 e. The maximum Gasteiger partial charge on any atom is 0.267 e. The van der Waals surface area contributed by atoms with Gasteiger partial charge in [-0.2, -0.15) is 5.26 Å². The Morgan fingerprint density at radius 2 is 1.92 bits per heavy atom. The lowest BCUT2D eigenvalue weighted by molar-refractivity contribution is -0.112. The van der Waals surface area contributed by atoms with Crippen molar-refractivity contribution >= 4 is 11.6 Å². The zero-order chi connectivity index (χ0) is 18.2. The second-order valence-corrected chi connectivity index (χ2v) is 5.65. The number of hydrogen-bond acceptors (Lipinski definition) is 6. The summed E-state index contributed by atoms with van der Waals surface area (Å²) < 4.78 is 10.4. The van der Waals surface area contributed by atoms with E-state index in [1.165, 1.54) is 7.11 Å². The third kappa shape index (κ3) is 4.88. The van der Waals surface area contributed by atoms with Gasteiger partial charge >= 0.3 is 0 Å². The first-order valence-electron chi connectivity index (χ1n) is 8.23. The van der Waals surface area contributed by atoms with E-state index in [2.05, 4.69) is 17.1 Å². The van der Waals surface area contributed by atoms with E-state index in [4.69, 9.17) is 9.47 Å². The summed E-state index contributed by atoms with van der Waals surface area (Å²) in [6.07, 6.45) is 1.64. The molecule has 0 bridgehead atoms. The van der Waals surface area contributed by atoms with Gasteiger partial charge in [-0.05, 0) is 18.7 Å². The van der Waals surface area contributed by atoms with Crippen LogP contribution in [0.15, 0.2) is 30.0 Å². The van der Waals surface area contributed by atoms with Crippen LogP contribution in [0.1, 0.15) is 6.92 Å². The van der Waals surface area contributed by atoms with Gasteiger partial charge in [-0.1, -0.05) is 6.92 Å². The van der Waals surface area contributed by atoms with Crippen LogP contribution in [-0.2, 0) is 4.79 Å². The van der Waals surface area contributed by atoms with Crippen LogP contribution < -0.4 is 14.8 Å². The molecule has 1 aliphatic heterocycles. The lowest BCUT2D eigenvalue weighted by Gasteiger charge is -2.33. The third-order valence-corrected chi connectivity index (χ3v) is 4.17. The lowest BCUT2D eigenvalue weighted by Crippen LogP contribution is -2.44. The Balaban J connectivity index is 2.05. The van der Waals surface area contributed by atoms with Crippen LogP contribution in [0.3, 0.4) is 0 Å². The van der Waals surface area contributed by atoms with Gasteiger partial charge in [0.2, 0.25) is 0 Å². The summed E-state index contributed by atoms with van der Waals surface area (Å²) in [5, 5.41) is 12.1. The fourth-order valence-electron chi connectivity index (χ4n) is 2.64. The molecule has 1 aromatic carbocycles. The molecule has 1 saturated heterocycles. The van der Waals surface area contributed by atoms with Gasteiger partial charge in [0.1, 0.15) is 11.6 Å². The van der Waals surface area contributed by atoms with E-state index < -0.39 is 5.91 Å². The minimum absolute atomic E-state index is 0.0831. The summed E-state index contributed by atoms with van der Waals surface area (Å²) in [4.78, 5) is 16.7. The number of carbonyl (C=O) groups is 1. The van der Waals surface area contributed by atoms with E-state index >= 15 is 0 Å². The maximum atomic E-state index is 12.4. The van der Waals surface area contributed by atoms with Crippen LogP contribution in [0.25, 0.3) is 0 Å². The highest BCUT2D eigenvalue weighted by molar-refractivity contribution is 6.06. The molecule has 134 valence electrons. The molecule has 1 heterocycles. The molecule has 1 fully saturated rings. The molecule has 0 spiro atoms. The van der Waals surface area contributed by atoms with Gasteiger partial charge in [0.05, 0.1) is 14.2 Å². The van der Waals surface area contributed by atoms with Gasteiger partial charge in [0.25, 0.3) is 5.91 Å². The third-order valence-electron chi connectivity index (χ3n) is 4.17. The highest BCUT2D eigenvalue weighted by Gasteiger charge is 2.17. The van der Waals surface area contributed by atoms with Crippen molar-refractivity contribution in [3.05, 3.63) is 30.0 Å². The van der Waals surface area contributed by atoms with Gasteiger partial charge in [0.15, 0.2) is 11.5 Å². The van der Waals surface area contributed by atoms with Crippen molar-refractivity contribution in [3.8, 4) is 17.6 Å². The number of nitrogens with zero attached hydrogens (tertiary/aromatic N) is 3. The molecule has 1 amide bonds. The van der Waals surface area contributed by atoms with Crippen molar-refractivity contribution < 1.29 is 14.3 Å². The number of hydrogen-bond donors (Lipinski definition) is 1. The zero-order valence-electron chi connectivity index (χ0n) is 14.9. The Kier molecular flexibility index (Phi) is 6.66. The maximum absolute atomic E-state index is 12.4. The fourth-order valence-corrected chi connectivity index (χ4v) is 2.64. The van der Waals surface area contributed by atoms with E-state index in [1.807, 2.05) is 11.0 Å². The predicted octanol–water partition coefficient (Wildman–Crippen LogP) is 1.69. The highest BCUT2D eigenvalue weighted by Crippen LogP contribution is 2.29.